The predicted molar refractivity (Wildman–Crippen MR) is 23.6 cm³/mol. The van der Waals surface area contributed by atoms with Gasteiger partial charge in [-0.05, 0) is 0 Å². The number of rotatable bonds is 3. The van der Waals surface area contributed by atoms with Gasteiger partial charge in [-0.15, -0.1) is 0 Å². The van der Waals surface area contributed by atoms with Crippen LogP contribution in [0.2, 0.25) is 0 Å². The lowest BCUT2D eigenvalue weighted by Gasteiger charge is -1.89. The van der Waals surface area contributed by atoms with Crippen molar-refractivity contribution in [1.82, 2.24) is 0 Å². The summed E-state index contributed by atoms with van der Waals surface area (Å²) in [4.78, 5) is 7.89. The van der Waals surface area contributed by atoms with Crippen molar-refractivity contribution in [2.75, 3.05) is 13.2 Å². The van der Waals surface area contributed by atoms with Gasteiger partial charge in [0.2, 0.25) is 0 Å². The second kappa shape index (κ2) is 5.31. The summed E-state index contributed by atoms with van der Waals surface area (Å²) in [6.07, 6.45) is 0. The first-order chi connectivity index (χ1) is 2.91. The lowest BCUT2D eigenvalue weighted by Crippen LogP contribution is -1.89. The summed E-state index contributed by atoms with van der Waals surface area (Å²) in [5.74, 6) is 0. The molecular formula is C2H7O3P. The minimum atomic E-state index is -0.495. The monoisotopic (exact) mass is 110 g/mol. The van der Waals surface area contributed by atoms with Gasteiger partial charge in [-0.3, -0.25) is 0 Å². The fourth-order valence-electron chi connectivity index (χ4n) is 0.0913. The van der Waals surface area contributed by atoms with Crippen LogP contribution in [-0.4, -0.2) is 23.2 Å². The summed E-state index contributed by atoms with van der Waals surface area (Å²) >= 11 is 0. The van der Waals surface area contributed by atoms with E-state index < -0.39 is 9.03 Å². The molecule has 38 valence electrons. The van der Waals surface area contributed by atoms with E-state index in [9.17, 15) is 0 Å². The third kappa shape index (κ3) is 4.31. The first kappa shape index (κ1) is 6.31. The molecule has 0 amide bonds. The summed E-state index contributed by atoms with van der Waals surface area (Å²) in [7, 11) is -0.495. The molecule has 4 heteroatoms. The standard InChI is InChI=1S/C2H7O3P/c3-1-2-5-6-4/h3-4,6H,1-2H2. The minimum Gasteiger partial charge on any atom is -0.394 e. The van der Waals surface area contributed by atoms with Crippen molar-refractivity contribution in [1.29, 1.82) is 0 Å². The molecule has 0 saturated heterocycles. The average molecular weight is 110 g/mol. The van der Waals surface area contributed by atoms with Crippen molar-refractivity contribution in [2.45, 2.75) is 0 Å². The van der Waals surface area contributed by atoms with Crippen molar-refractivity contribution in [2.24, 2.45) is 0 Å². The Hall–Kier alpha value is 0.310. The smallest absolute Gasteiger partial charge is 0.152 e. The molecule has 0 radical (unpaired) electrons. The molecule has 0 aromatic heterocycles. The second-order valence-electron chi connectivity index (χ2n) is 0.663. The zero-order valence-electron chi connectivity index (χ0n) is 3.22. The summed E-state index contributed by atoms with van der Waals surface area (Å²) < 4.78 is 4.32. The van der Waals surface area contributed by atoms with Crippen molar-refractivity contribution >= 4 is 9.03 Å². The predicted octanol–water partition coefficient (Wildman–Crippen LogP) is -0.504. The van der Waals surface area contributed by atoms with Gasteiger partial charge in [0.05, 0.1) is 13.2 Å². The molecule has 6 heavy (non-hydrogen) atoms. The van der Waals surface area contributed by atoms with Gasteiger partial charge >= 0.3 is 0 Å². The number of hydrogen-bond donors (Lipinski definition) is 2. The van der Waals surface area contributed by atoms with E-state index in [-0.39, 0.29) is 13.2 Å². The maximum Gasteiger partial charge on any atom is 0.152 e. The van der Waals surface area contributed by atoms with Crippen molar-refractivity contribution in [3.05, 3.63) is 0 Å². The van der Waals surface area contributed by atoms with Crippen LogP contribution < -0.4 is 0 Å². The fourth-order valence-corrected chi connectivity index (χ4v) is 0.274. The van der Waals surface area contributed by atoms with Gasteiger partial charge in [0, 0.05) is 0 Å². The van der Waals surface area contributed by atoms with Gasteiger partial charge in [0.25, 0.3) is 0 Å². The molecule has 0 aromatic rings. The molecule has 0 spiro atoms. The molecule has 0 saturated carbocycles. The molecule has 1 unspecified atom stereocenters. The Morgan fingerprint density at radius 3 is 2.50 bits per heavy atom. The molecule has 0 aliphatic carbocycles. The molecule has 0 aromatic carbocycles. The molecule has 0 rings (SSSR count). The fraction of sp³-hybridized carbons (Fsp3) is 1.00. The lowest BCUT2D eigenvalue weighted by atomic mass is 10.8. The summed E-state index contributed by atoms with van der Waals surface area (Å²) in [5.41, 5.74) is 0. The van der Waals surface area contributed by atoms with Crippen LogP contribution >= 0.6 is 9.03 Å². The highest BCUT2D eigenvalue weighted by molar-refractivity contribution is 7.24. The molecule has 0 heterocycles. The van der Waals surface area contributed by atoms with Gasteiger partial charge in [0.1, 0.15) is 0 Å². The Bertz CT molecular complexity index is 20.8. The normalized spacial score (nSPS) is 11.0. The van der Waals surface area contributed by atoms with Crippen LogP contribution in [0.5, 0.6) is 0 Å². The average Bonchev–Trinajstić information content (AvgIpc) is 1.61. The largest absolute Gasteiger partial charge is 0.394 e. The third-order valence-electron chi connectivity index (χ3n) is 0.258. The van der Waals surface area contributed by atoms with Gasteiger partial charge < -0.3 is 14.5 Å². The Labute approximate surface area is 37.9 Å². The molecule has 0 fully saturated rings. The van der Waals surface area contributed by atoms with E-state index in [2.05, 4.69) is 4.52 Å². The maximum atomic E-state index is 7.97. The van der Waals surface area contributed by atoms with E-state index in [0.717, 1.165) is 0 Å². The third-order valence-corrected chi connectivity index (χ3v) is 0.591. The number of aliphatic hydroxyl groups excluding tert-OH is 1. The van der Waals surface area contributed by atoms with Crippen LogP contribution in [0.3, 0.4) is 0 Å². The Morgan fingerprint density at radius 2 is 2.33 bits per heavy atom. The zero-order chi connectivity index (χ0) is 4.83. The number of aliphatic hydroxyl groups is 1. The first-order valence-corrected chi connectivity index (χ1v) is 2.39. The highest BCUT2D eigenvalue weighted by atomic mass is 31.1. The molecule has 0 bridgehead atoms. The van der Waals surface area contributed by atoms with Gasteiger partial charge in [-0.25, -0.2) is 0 Å². The van der Waals surface area contributed by atoms with E-state index >= 15 is 0 Å². The van der Waals surface area contributed by atoms with Crippen molar-refractivity contribution < 1.29 is 14.5 Å². The Kier molecular flexibility index (Phi) is 5.58. The van der Waals surface area contributed by atoms with E-state index in [4.69, 9.17) is 10.00 Å². The molecule has 3 nitrogen and oxygen atoms in total. The summed E-state index contributed by atoms with van der Waals surface area (Å²) in [6.45, 7) is 0.211. The van der Waals surface area contributed by atoms with E-state index in [1.165, 1.54) is 0 Å². The summed E-state index contributed by atoms with van der Waals surface area (Å²) in [6, 6.07) is 0. The van der Waals surface area contributed by atoms with Crippen LogP contribution in [0.15, 0.2) is 0 Å². The van der Waals surface area contributed by atoms with Crippen LogP contribution in [0.1, 0.15) is 0 Å². The van der Waals surface area contributed by atoms with Crippen LogP contribution in [0.4, 0.5) is 0 Å². The van der Waals surface area contributed by atoms with E-state index in [1.54, 1.807) is 0 Å². The molecular weight excluding hydrogens is 103 g/mol. The number of hydrogen-bond acceptors (Lipinski definition) is 3. The molecule has 0 aliphatic heterocycles. The van der Waals surface area contributed by atoms with Gasteiger partial charge in [-0.2, -0.15) is 0 Å². The van der Waals surface area contributed by atoms with E-state index in [0.29, 0.717) is 0 Å². The first-order valence-electron chi connectivity index (χ1n) is 1.53. The molecule has 2 N–H and O–H groups in total. The highest BCUT2D eigenvalue weighted by Gasteiger charge is 1.75. The SMILES string of the molecule is OCCOPO. The Balaban J connectivity index is 2.34. The van der Waals surface area contributed by atoms with Crippen molar-refractivity contribution in [3.8, 4) is 0 Å². The quantitative estimate of drug-likeness (QED) is 0.380. The lowest BCUT2D eigenvalue weighted by molar-refractivity contribution is 0.207. The summed E-state index contributed by atoms with van der Waals surface area (Å²) in [5, 5.41) is 7.97. The van der Waals surface area contributed by atoms with E-state index in [1.807, 2.05) is 0 Å². The Morgan fingerprint density at radius 1 is 1.67 bits per heavy atom. The van der Waals surface area contributed by atoms with Crippen LogP contribution in [-0.2, 0) is 4.52 Å². The maximum absolute atomic E-state index is 7.97. The van der Waals surface area contributed by atoms with Crippen LogP contribution in [0, 0.1) is 0 Å². The van der Waals surface area contributed by atoms with Crippen molar-refractivity contribution in [3.63, 3.8) is 0 Å². The topological polar surface area (TPSA) is 49.7 Å². The molecule has 1 atom stereocenters. The highest BCUT2D eigenvalue weighted by Crippen LogP contribution is 1.99. The second-order valence-corrected chi connectivity index (χ2v) is 1.13. The molecule has 0 aliphatic rings. The zero-order valence-corrected chi connectivity index (χ0v) is 4.22. The van der Waals surface area contributed by atoms with Gasteiger partial charge in [0.15, 0.2) is 9.03 Å². The minimum absolute atomic E-state index is 0.0203. The van der Waals surface area contributed by atoms with Gasteiger partial charge in [-0.1, -0.05) is 0 Å². The van der Waals surface area contributed by atoms with Crippen LogP contribution in [0.25, 0.3) is 0 Å².